The third-order valence-corrected chi connectivity index (χ3v) is 4.17. The maximum absolute atomic E-state index is 4.78. The summed E-state index contributed by atoms with van der Waals surface area (Å²) in [6.07, 6.45) is 1.70. The van der Waals surface area contributed by atoms with Gasteiger partial charge in [0, 0.05) is 21.9 Å². The lowest BCUT2D eigenvalue weighted by molar-refractivity contribution is 1.18. The van der Waals surface area contributed by atoms with E-state index in [2.05, 4.69) is 49.6 Å². The Balaban J connectivity index is 2.16. The van der Waals surface area contributed by atoms with Gasteiger partial charge in [0.15, 0.2) is 5.82 Å². The molecule has 0 fully saturated rings. The number of rotatable bonds is 3. The zero-order chi connectivity index (χ0) is 16.5. The molecule has 0 saturated heterocycles. The molecule has 2 nitrogen and oxygen atoms in total. The molecule has 114 valence electrons. The number of nitrogens with zero attached hydrogens (tertiary/aromatic N) is 2. The highest BCUT2D eigenvalue weighted by Crippen LogP contribution is 2.31. The van der Waals surface area contributed by atoms with Gasteiger partial charge in [-0.2, -0.15) is 0 Å². The summed E-state index contributed by atoms with van der Waals surface area (Å²) in [5.41, 5.74) is 3.66. The molecular formula is C22H16N2. The molecule has 0 spiro atoms. The summed E-state index contributed by atoms with van der Waals surface area (Å²) < 4.78 is 0. The van der Waals surface area contributed by atoms with Crippen LogP contribution in [0.25, 0.3) is 38.5 Å². The van der Waals surface area contributed by atoms with E-state index in [0.29, 0.717) is 5.82 Å². The number of aromatic nitrogens is 2. The molecule has 0 saturated carbocycles. The highest BCUT2D eigenvalue weighted by Gasteiger charge is 2.12. The van der Waals surface area contributed by atoms with Crippen LogP contribution in [-0.2, 0) is 0 Å². The van der Waals surface area contributed by atoms with E-state index in [4.69, 9.17) is 9.97 Å². The van der Waals surface area contributed by atoms with Crippen LogP contribution in [0.3, 0.4) is 0 Å². The van der Waals surface area contributed by atoms with Crippen LogP contribution < -0.4 is 0 Å². The molecule has 24 heavy (non-hydrogen) atoms. The molecule has 2 heteroatoms. The van der Waals surface area contributed by atoms with Crippen LogP contribution in [0, 0.1) is 0 Å². The van der Waals surface area contributed by atoms with Gasteiger partial charge in [0.25, 0.3) is 0 Å². The molecule has 0 bridgehead atoms. The molecule has 0 radical (unpaired) electrons. The minimum atomic E-state index is 0.618. The van der Waals surface area contributed by atoms with E-state index >= 15 is 0 Å². The minimum absolute atomic E-state index is 0.618. The van der Waals surface area contributed by atoms with Crippen LogP contribution in [0.5, 0.6) is 0 Å². The SMILES string of the molecule is C=CC(=C)c1nc(-c2ccccc2)c2ccc3ccccc3c2n1. The first-order valence-electron chi connectivity index (χ1n) is 7.84. The van der Waals surface area contributed by atoms with Crippen molar-refractivity contribution in [2.75, 3.05) is 0 Å². The first-order valence-corrected chi connectivity index (χ1v) is 7.84. The monoisotopic (exact) mass is 308 g/mol. The molecule has 0 atom stereocenters. The van der Waals surface area contributed by atoms with E-state index in [1.807, 2.05) is 30.3 Å². The number of fused-ring (bicyclic) bond motifs is 3. The Morgan fingerprint density at radius 1 is 0.792 bits per heavy atom. The third-order valence-electron chi connectivity index (χ3n) is 4.17. The first-order chi connectivity index (χ1) is 11.8. The largest absolute Gasteiger partial charge is 0.227 e. The van der Waals surface area contributed by atoms with Crippen molar-refractivity contribution in [2.45, 2.75) is 0 Å². The normalized spacial score (nSPS) is 10.8. The zero-order valence-corrected chi connectivity index (χ0v) is 13.2. The molecular weight excluding hydrogens is 292 g/mol. The van der Waals surface area contributed by atoms with Crippen LogP contribution in [0.15, 0.2) is 86.0 Å². The van der Waals surface area contributed by atoms with Crippen LogP contribution >= 0.6 is 0 Å². The van der Waals surface area contributed by atoms with Crippen molar-refractivity contribution >= 4 is 27.2 Å². The van der Waals surface area contributed by atoms with Gasteiger partial charge in [0.2, 0.25) is 0 Å². The fraction of sp³-hybridized carbons (Fsp3) is 0. The Bertz CT molecular complexity index is 1080. The predicted molar refractivity (Wildman–Crippen MR) is 102 cm³/mol. The van der Waals surface area contributed by atoms with E-state index in [1.54, 1.807) is 6.08 Å². The summed E-state index contributed by atoms with van der Waals surface area (Å²) in [4.78, 5) is 9.55. The molecule has 1 aromatic heterocycles. The summed E-state index contributed by atoms with van der Waals surface area (Å²) in [5, 5.41) is 3.33. The molecule has 0 unspecified atom stereocenters. The molecule has 3 aromatic carbocycles. The van der Waals surface area contributed by atoms with E-state index < -0.39 is 0 Å². The van der Waals surface area contributed by atoms with Gasteiger partial charge < -0.3 is 0 Å². The number of benzene rings is 3. The number of hydrogen-bond donors (Lipinski definition) is 0. The maximum Gasteiger partial charge on any atom is 0.159 e. The van der Waals surface area contributed by atoms with E-state index in [-0.39, 0.29) is 0 Å². The lowest BCUT2D eigenvalue weighted by atomic mass is 10.0. The summed E-state index contributed by atoms with van der Waals surface area (Å²) in [5.74, 6) is 0.618. The molecule has 0 aliphatic carbocycles. The minimum Gasteiger partial charge on any atom is -0.227 e. The summed E-state index contributed by atoms with van der Waals surface area (Å²) >= 11 is 0. The van der Waals surface area contributed by atoms with Gasteiger partial charge in [-0.3, -0.25) is 0 Å². The molecule has 0 amide bonds. The first kappa shape index (κ1) is 14.3. The lowest BCUT2D eigenvalue weighted by Gasteiger charge is -2.11. The maximum atomic E-state index is 4.78. The predicted octanol–water partition coefficient (Wildman–Crippen LogP) is 5.65. The van der Waals surface area contributed by atoms with Crippen molar-refractivity contribution in [1.29, 1.82) is 0 Å². The van der Waals surface area contributed by atoms with Crippen LogP contribution in [-0.4, -0.2) is 9.97 Å². The van der Waals surface area contributed by atoms with Gasteiger partial charge in [-0.15, -0.1) is 0 Å². The number of hydrogen-bond acceptors (Lipinski definition) is 2. The van der Waals surface area contributed by atoms with Crippen molar-refractivity contribution < 1.29 is 0 Å². The highest BCUT2D eigenvalue weighted by molar-refractivity contribution is 6.09. The van der Waals surface area contributed by atoms with E-state index in [1.165, 1.54) is 0 Å². The smallest absolute Gasteiger partial charge is 0.159 e. The van der Waals surface area contributed by atoms with Gasteiger partial charge in [-0.05, 0) is 11.5 Å². The van der Waals surface area contributed by atoms with E-state index in [0.717, 1.165) is 38.5 Å². The zero-order valence-electron chi connectivity index (χ0n) is 13.2. The lowest BCUT2D eigenvalue weighted by Crippen LogP contribution is -1.97. The van der Waals surface area contributed by atoms with E-state index in [9.17, 15) is 0 Å². The van der Waals surface area contributed by atoms with Gasteiger partial charge in [0.05, 0.1) is 11.2 Å². The second kappa shape index (κ2) is 5.74. The average molecular weight is 308 g/mol. The fourth-order valence-electron chi connectivity index (χ4n) is 2.91. The van der Waals surface area contributed by atoms with Crippen molar-refractivity contribution in [3.8, 4) is 11.3 Å². The van der Waals surface area contributed by atoms with Crippen molar-refractivity contribution in [3.63, 3.8) is 0 Å². The molecule has 1 heterocycles. The van der Waals surface area contributed by atoms with Crippen molar-refractivity contribution in [2.24, 2.45) is 0 Å². The van der Waals surface area contributed by atoms with Gasteiger partial charge in [0.1, 0.15) is 0 Å². The summed E-state index contributed by atoms with van der Waals surface area (Å²) in [6.45, 7) is 7.82. The molecule has 0 aliphatic heterocycles. The Morgan fingerprint density at radius 3 is 2.33 bits per heavy atom. The Hall–Kier alpha value is -3.26. The Morgan fingerprint density at radius 2 is 1.54 bits per heavy atom. The molecule has 0 aliphatic rings. The van der Waals surface area contributed by atoms with Crippen LogP contribution in [0.2, 0.25) is 0 Å². The molecule has 4 rings (SSSR count). The van der Waals surface area contributed by atoms with Crippen molar-refractivity contribution in [3.05, 3.63) is 91.8 Å². The molecule has 4 aromatic rings. The van der Waals surface area contributed by atoms with Gasteiger partial charge in [-0.25, -0.2) is 9.97 Å². The topological polar surface area (TPSA) is 25.8 Å². The van der Waals surface area contributed by atoms with Crippen LogP contribution in [0.4, 0.5) is 0 Å². The quantitative estimate of drug-likeness (QED) is 0.361. The summed E-state index contributed by atoms with van der Waals surface area (Å²) in [6, 6.07) is 22.7. The Labute approximate surface area is 140 Å². The van der Waals surface area contributed by atoms with Crippen LogP contribution in [0.1, 0.15) is 5.82 Å². The fourth-order valence-corrected chi connectivity index (χ4v) is 2.91. The third kappa shape index (κ3) is 2.29. The van der Waals surface area contributed by atoms with Gasteiger partial charge >= 0.3 is 0 Å². The molecule has 0 N–H and O–H groups in total. The second-order valence-electron chi connectivity index (χ2n) is 5.67. The van der Waals surface area contributed by atoms with Crippen molar-refractivity contribution in [1.82, 2.24) is 9.97 Å². The number of allylic oxidation sites excluding steroid dienone is 2. The standard InChI is InChI=1S/C22H16N2/c1-3-15(2)22-23-20(17-10-5-4-6-11-17)19-14-13-16-9-7-8-12-18(16)21(19)24-22/h3-14H,1-2H2. The Kier molecular flexibility index (Phi) is 3.43. The highest BCUT2D eigenvalue weighted by atomic mass is 14.9. The average Bonchev–Trinajstić information content (AvgIpc) is 2.67. The summed E-state index contributed by atoms with van der Waals surface area (Å²) in [7, 11) is 0. The van der Waals surface area contributed by atoms with Gasteiger partial charge in [-0.1, -0.05) is 79.9 Å². The second-order valence-corrected chi connectivity index (χ2v) is 5.67.